The van der Waals surface area contributed by atoms with Gasteiger partial charge in [-0.1, -0.05) is 54.1 Å². The number of hydrogen-bond acceptors (Lipinski definition) is 3. The highest BCUT2D eigenvalue weighted by Crippen LogP contribution is 2.28. The molecule has 0 bridgehead atoms. The standard InChI is InChI=1S/C20H16ClN3O2/c21-16-8-6-7-15(13-16)14-22-24-20(25)23-18-11-4-5-12-19(18)26-17-9-2-1-3-10-17/h1-14H,(H2,23,24,25)/b22-14+. The number of anilines is 1. The van der Waals surface area contributed by atoms with Gasteiger partial charge in [-0.15, -0.1) is 0 Å². The van der Waals surface area contributed by atoms with Crippen LogP contribution in [0.5, 0.6) is 11.5 Å². The van der Waals surface area contributed by atoms with Crippen molar-refractivity contribution in [3.05, 3.63) is 89.4 Å². The molecule has 2 amide bonds. The first-order chi connectivity index (χ1) is 12.7. The number of ether oxygens (including phenoxy) is 1. The van der Waals surface area contributed by atoms with Gasteiger partial charge in [0, 0.05) is 5.02 Å². The molecule has 0 saturated carbocycles. The number of nitrogens with one attached hydrogen (secondary N) is 2. The summed E-state index contributed by atoms with van der Waals surface area (Å²) in [6, 6.07) is 23.2. The van der Waals surface area contributed by atoms with Crippen molar-refractivity contribution >= 4 is 29.5 Å². The minimum Gasteiger partial charge on any atom is -0.455 e. The van der Waals surface area contributed by atoms with E-state index >= 15 is 0 Å². The summed E-state index contributed by atoms with van der Waals surface area (Å²) in [4.78, 5) is 12.1. The number of carbonyl (C=O) groups is 1. The third-order valence-electron chi connectivity index (χ3n) is 3.33. The predicted molar refractivity (Wildman–Crippen MR) is 104 cm³/mol. The number of hydrazone groups is 1. The lowest BCUT2D eigenvalue weighted by molar-refractivity contribution is 0.252. The molecule has 6 heteroatoms. The number of nitrogens with zero attached hydrogens (tertiary/aromatic N) is 1. The van der Waals surface area contributed by atoms with E-state index in [4.69, 9.17) is 16.3 Å². The average molecular weight is 366 g/mol. The highest BCUT2D eigenvalue weighted by molar-refractivity contribution is 6.30. The molecule has 130 valence electrons. The minimum atomic E-state index is -0.479. The largest absolute Gasteiger partial charge is 0.455 e. The van der Waals surface area contributed by atoms with E-state index in [1.807, 2.05) is 48.5 Å². The van der Waals surface area contributed by atoms with E-state index in [-0.39, 0.29) is 0 Å². The molecule has 0 radical (unpaired) electrons. The van der Waals surface area contributed by atoms with Crippen LogP contribution in [0.25, 0.3) is 0 Å². The van der Waals surface area contributed by atoms with Crippen LogP contribution >= 0.6 is 11.6 Å². The van der Waals surface area contributed by atoms with Gasteiger partial charge in [0.25, 0.3) is 0 Å². The predicted octanol–water partition coefficient (Wildman–Crippen LogP) is 5.29. The Labute approximate surface area is 156 Å². The Hall–Kier alpha value is -3.31. The summed E-state index contributed by atoms with van der Waals surface area (Å²) < 4.78 is 5.80. The smallest absolute Gasteiger partial charge is 0.339 e. The van der Waals surface area contributed by atoms with Crippen molar-refractivity contribution in [2.75, 3.05) is 5.32 Å². The highest BCUT2D eigenvalue weighted by atomic mass is 35.5. The number of rotatable bonds is 5. The van der Waals surface area contributed by atoms with Crippen LogP contribution in [-0.2, 0) is 0 Å². The minimum absolute atomic E-state index is 0.479. The maximum absolute atomic E-state index is 12.1. The molecule has 0 aliphatic carbocycles. The Morgan fingerprint density at radius 2 is 1.73 bits per heavy atom. The molecular weight excluding hydrogens is 350 g/mol. The van der Waals surface area contributed by atoms with Crippen molar-refractivity contribution in [1.29, 1.82) is 0 Å². The molecule has 0 aromatic heterocycles. The number of urea groups is 1. The topological polar surface area (TPSA) is 62.7 Å². The molecule has 0 unspecified atom stereocenters. The van der Waals surface area contributed by atoms with Crippen molar-refractivity contribution in [1.82, 2.24) is 5.43 Å². The van der Waals surface area contributed by atoms with Gasteiger partial charge >= 0.3 is 6.03 Å². The van der Waals surface area contributed by atoms with Crippen molar-refractivity contribution in [2.24, 2.45) is 5.10 Å². The molecule has 0 aliphatic heterocycles. The van der Waals surface area contributed by atoms with Crippen molar-refractivity contribution < 1.29 is 9.53 Å². The van der Waals surface area contributed by atoms with Crippen LogP contribution in [-0.4, -0.2) is 12.2 Å². The molecule has 5 nitrogen and oxygen atoms in total. The first-order valence-electron chi connectivity index (χ1n) is 7.88. The van der Waals surface area contributed by atoms with Gasteiger partial charge in [0.05, 0.1) is 11.9 Å². The third kappa shape index (κ3) is 5.09. The van der Waals surface area contributed by atoms with E-state index < -0.39 is 6.03 Å². The van der Waals surface area contributed by atoms with Gasteiger partial charge in [-0.25, -0.2) is 10.2 Å². The first-order valence-corrected chi connectivity index (χ1v) is 8.26. The number of halogens is 1. The summed E-state index contributed by atoms with van der Waals surface area (Å²) >= 11 is 5.90. The van der Waals surface area contributed by atoms with E-state index in [0.29, 0.717) is 22.2 Å². The SMILES string of the molecule is O=C(N/N=C/c1cccc(Cl)c1)Nc1ccccc1Oc1ccccc1. The summed E-state index contributed by atoms with van der Waals surface area (Å²) in [5.74, 6) is 1.22. The van der Waals surface area contributed by atoms with E-state index in [1.165, 1.54) is 6.21 Å². The van der Waals surface area contributed by atoms with E-state index in [0.717, 1.165) is 5.56 Å². The molecule has 0 atom stereocenters. The zero-order valence-corrected chi connectivity index (χ0v) is 14.5. The Balaban J connectivity index is 1.62. The lowest BCUT2D eigenvalue weighted by atomic mass is 10.2. The number of hydrogen-bond donors (Lipinski definition) is 2. The molecule has 0 saturated heterocycles. The average Bonchev–Trinajstić information content (AvgIpc) is 2.64. The number of amides is 2. The monoisotopic (exact) mass is 365 g/mol. The van der Waals surface area contributed by atoms with E-state index in [9.17, 15) is 4.79 Å². The Bertz CT molecular complexity index is 914. The fourth-order valence-corrected chi connectivity index (χ4v) is 2.38. The number of carbonyl (C=O) groups excluding carboxylic acids is 1. The Morgan fingerprint density at radius 3 is 2.54 bits per heavy atom. The van der Waals surface area contributed by atoms with Crippen LogP contribution in [0.3, 0.4) is 0 Å². The molecule has 3 aromatic rings. The quantitative estimate of drug-likeness (QED) is 0.476. The van der Waals surface area contributed by atoms with Gasteiger partial charge in [-0.3, -0.25) is 0 Å². The fraction of sp³-hybridized carbons (Fsp3) is 0. The van der Waals surface area contributed by atoms with Crippen LogP contribution in [0.1, 0.15) is 5.56 Å². The highest BCUT2D eigenvalue weighted by Gasteiger charge is 2.07. The first kappa shape index (κ1) is 17.5. The van der Waals surface area contributed by atoms with Crippen LogP contribution < -0.4 is 15.5 Å². The van der Waals surface area contributed by atoms with E-state index in [1.54, 1.807) is 30.3 Å². The molecular formula is C20H16ClN3O2. The molecule has 0 aliphatic rings. The van der Waals surface area contributed by atoms with Crippen LogP contribution in [0, 0.1) is 0 Å². The maximum Gasteiger partial charge on any atom is 0.339 e. The van der Waals surface area contributed by atoms with Gasteiger partial charge in [-0.05, 0) is 42.0 Å². The molecule has 0 fully saturated rings. The molecule has 0 spiro atoms. The van der Waals surface area contributed by atoms with Gasteiger partial charge in [0.1, 0.15) is 5.75 Å². The van der Waals surface area contributed by atoms with Crippen LogP contribution in [0.15, 0.2) is 84.0 Å². The van der Waals surface area contributed by atoms with Crippen molar-refractivity contribution in [3.8, 4) is 11.5 Å². The third-order valence-corrected chi connectivity index (χ3v) is 3.57. The summed E-state index contributed by atoms with van der Waals surface area (Å²) in [5.41, 5.74) is 3.73. The molecule has 3 rings (SSSR count). The second-order valence-electron chi connectivity index (χ2n) is 5.29. The molecule has 2 N–H and O–H groups in total. The molecule has 0 heterocycles. The second-order valence-corrected chi connectivity index (χ2v) is 5.73. The zero-order valence-electron chi connectivity index (χ0n) is 13.7. The molecule has 26 heavy (non-hydrogen) atoms. The summed E-state index contributed by atoms with van der Waals surface area (Å²) in [5, 5.41) is 7.22. The summed E-state index contributed by atoms with van der Waals surface area (Å²) in [6.45, 7) is 0. The fourth-order valence-electron chi connectivity index (χ4n) is 2.18. The van der Waals surface area contributed by atoms with Crippen molar-refractivity contribution in [2.45, 2.75) is 0 Å². The van der Waals surface area contributed by atoms with Gasteiger partial charge in [0.15, 0.2) is 5.75 Å². The second kappa shape index (κ2) is 8.69. The summed E-state index contributed by atoms with van der Waals surface area (Å²) in [7, 11) is 0. The molecule has 3 aromatic carbocycles. The van der Waals surface area contributed by atoms with Gasteiger partial charge in [0.2, 0.25) is 0 Å². The summed E-state index contributed by atoms with van der Waals surface area (Å²) in [6.07, 6.45) is 1.51. The maximum atomic E-state index is 12.1. The van der Waals surface area contributed by atoms with Gasteiger partial charge < -0.3 is 10.1 Å². The van der Waals surface area contributed by atoms with Crippen LogP contribution in [0.2, 0.25) is 5.02 Å². The number of para-hydroxylation sites is 3. The van der Waals surface area contributed by atoms with Crippen molar-refractivity contribution in [3.63, 3.8) is 0 Å². The van der Waals surface area contributed by atoms with Crippen LogP contribution in [0.4, 0.5) is 10.5 Å². The van der Waals surface area contributed by atoms with E-state index in [2.05, 4.69) is 15.8 Å². The van der Waals surface area contributed by atoms with Gasteiger partial charge in [-0.2, -0.15) is 5.10 Å². The normalized spacial score (nSPS) is 10.5. The zero-order chi connectivity index (χ0) is 18.2. The number of benzene rings is 3. The Morgan fingerprint density at radius 1 is 0.962 bits per heavy atom. The lowest BCUT2D eigenvalue weighted by Gasteiger charge is -2.11. The Kier molecular flexibility index (Phi) is 5.85. The lowest BCUT2D eigenvalue weighted by Crippen LogP contribution is -2.24.